The van der Waals surface area contributed by atoms with E-state index in [4.69, 9.17) is 16.6 Å². The zero-order valence-electron chi connectivity index (χ0n) is 21.3. The molecule has 4 aromatic rings. The Bertz CT molecular complexity index is 1680. The highest BCUT2D eigenvalue weighted by Gasteiger charge is 2.32. The van der Waals surface area contributed by atoms with Crippen molar-refractivity contribution in [3.8, 4) is 17.1 Å². The van der Waals surface area contributed by atoms with Crippen LogP contribution in [0, 0.1) is 5.82 Å². The molecule has 1 aliphatic heterocycles. The van der Waals surface area contributed by atoms with Gasteiger partial charge in [0.25, 0.3) is 0 Å². The Balaban J connectivity index is 1.59. The summed E-state index contributed by atoms with van der Waals surface area (Å²) >= 11 is 6.73. The number of rotatable bonds is 5. The Morgan fingerprint density at radius 1 is 1.13 bits per heavy atom. The fourth-order valence-corrected chi connectivity index (χ4v) is 5.52. The van der Waals surface area contributed by atoms with Crippen molar-refractivity contribution >= 4 is 34.4 Å². The number of halogens is 2. The van der Waals surface area contributed by atoms with Gasteiger partial charge in [-0.05, 0) is 61.6 Å². The third-order valence-electron chi connectivity index (χ3n) is 7.36. The molecule has 6 rings (SSSR count). The van der Waals surface area contributed by atoms with Crippen LogP contribution in [0.3, 0.4) is 0 Å². The predicted molar refractivity (Wildman–Crippen MR) is 149 cm³/mol. The lowest BCUT2D eigenvalue weighted by molar-refractivity contribution is -0.126. The van der Waals surface area contributed by atoms with Crippen molar-refractivity contribution in [3.05, 3.63) is 88.2 Å². The SMILES string of the molecule is C=CC(=O)N1CCN(c2nc(=O)n(-c3ncccc3C3CC3)c3nc(-c4ccccc4F)c(Cl)cc23)[C@@H](C)C1. The van der Waals surface area contributed by atoms with Gasteiger partial charge in [0.1, 0.15) is 17.5 Å². The highest BCUT2D eigenvalue weighted by molar-refractivity contribution is 6.33. The van der Waals surface area contributed by atoms with E-state index < -0.39 is 11.5 Å². The smallest absolute Gasteiger partial charge is 0.350 e. The minimum absolute atomic E-state index is 0.142. The number of anilines is 1. The number of carbonyl (C=O) groups is 1. The van der Waals surface area contributed by atoms with Gasteiger partial charge in [0, 0.05) is 37.4 Å². The summed E-state index contributed by atoms with van der Waals surface area (Å²) in [4.78, 5) is 43.6. The van der Waals surface area contributed by atoms with Crippen molar-refractivity contribution < 1.29 is 9.18 Å². The number of hydrogen-bond donors (Lipinski definition) is 0. The second kappa shape index (κ2) is 9.89. The van der Waals surface area contributed by atoms with Crippen molar-refractivity contribution in [1.82, 2.24) is 24.4 Å². The van der Waals surface area contributed by atoms with Crippen molar-refractivity contribution in [2.45, 2.75) is 31.7 Å². The minimum Gasteiger partial charge on any atom is -0.350 e. The van der Waals surface area contributed by atoms with Crippen LogP contribution in [-0.2, 0) is 4.79 Å². The molecule has 0 radical (unpaired) electrons. The normalized spacial score (nSPS) is 17.5. The van der Waals surface area contributed by atoms with Crippen molar-refractivity contribution in [2.75, 3.05) is 24.5 Å². The Labute approximate surface area is 229 Å². The molecule has 2 aliphatic rings. The molecule has 39 heavy (non-hydrogen) atoms. The first-order valence-corrected chi connectivity index (χ1v) is 13.3. The molecule has 0 N–H and O–H groups in total. The van der Waals surface area contributed by atoms with E-state index in [1.54, 1.807) is 35.4 Å². The summed E-state index contributed by atoms with van der Waals surface area (Å²) in [7, 11) is 0. The fourth-order valence-electron chi connectivity index (χ4n) is 5.27. The predicted octanol–water partition coefficient (Wildman–Crippen LogP) is 4.74. The molecule has 0 unspecified atom stereocenters. The molecule has 10 heteroatoms. The third kappa shape index (κ3) is 4.46. The van der Waals surface area contributed by atoms with Crippen molar-refractivity contribution in [1.29, 1.82) is 0 Å². The van der Waals surface area contributed by atoms with E-state index in [0.717, 1.165) is 18.4 Å². The summed E-state index contributed by atoms with van der Waals surface area (Å²) in [5.74, 6) is 0.587. The van der Waals surface area contributed by atoms with Gasteiger partial charge in [0.05, 0.1) is 16.1 Å². The highest BCUT2D eigenvalue weighted by atomic mass is 35.5. The standard InChI is InChI=1S/C29H26ClFN6O2/c1-3-24(38)35-13-14-36(17(2)16-35)27-21-15-22(30)25(20-7-4-5-9-23(20)31)33-28(21)37(29(39)34-27)26-19(18-10-11-18)8-6-12-32-26/h3-9,12,15,17-18H,1,10-11,13-14,16H2,2H3/t17-/m0/s1. The molecule has 0 spiro atoms. The van der Waals surface area contributed by atoms with Gasteiger partial charge in [-0.15, -0.1) is 0 Å². The van der Waals surface area contributed by atoms with Gasteiger partial charge in [-0.3, -0.25) is 4.79 Å². The summed E-state index contributed by atoms with van der Waals surface area (Å²) in [6.45, 7) is 6.89. The number of pyridine rings is 2. The average molecular weight is 545 g/mol. The molecule has 0 bridgehead atoms. The van der Waals surface area contributed by atoms with E-state index in [9.17, 15) is 14.0 Å². The van der Waals surface area contributed by atoms with E-state index in [0.29, 0.717) is 48.2 Å². The second-order valence-corrected chi connectivity index (χ2v) is 10.4. The van der Waals surface area contributed by atoms with Gasteiger partial charge in [-0.2, -0.15) is 4.98 Å². The Kier molecular flexibility index (Phi) is 6.38. The fraction of sp³-hybridized carbons (Fsp3) is 0.276. The molecule has 1 aromatic carbocycles. The van der Waals surface area contributed by atoms with E-state index in [1.807, 2.05) is 24.0 Å². The van der Waals surface area contributed by atoms with Crippen molar-refractivity contribution in [2.24, 2.45) is 0 Å². The topological polar surface area (TPSA) is 84.2 Å². The van der Waals surface area contributed by atoms with Gasteiger partial charge < -0.3 is 9.80 Å². The van der Waals surface area contributed by atoms with Gasteiger partial charge in [0.15, 0.2) is 5.65 Å². The summed E-state index contributed by atoms with van der Waals surface area (Å²) in [5, 5.41) is 0.778. The lowest BCUT2D eigenvalue weighted by Gasteiger charge is -2.40. The number of fused-ring (bicyclic) bond motifs is 1. The van der Waals surface area contributed by atoms with Gasteiger partial charge in [-0.1, -0.05) is 36.4 Å². The molecule has 198 valence electrons. The number of piperazine rings is 1. The van der Waals surface area contributed by atoms with Crippen LogP contribution < -0.4 is 10.6 Å². The van der Waals surface area contributed by atoms with Crippen LogP contribution in [0.15, 0.2) is 66.1 Å². The van der Waals surface area contributed by atoms with Crippen LogP contribution in [0.4, 0.5) is 10.2 Å². The quantitative estimate of drug-likeness (QED) is 0.338. The maximum atomic E-state index is 14.8. The lowest BCUT2D eigenvalue weighted by Crippen LogP contribution is -2.54. The minimum atomic E-state index is -0.538. The molecule has 1 atom stereocenters. The molecule has 4 heterocycles. The molecule has 1 amide bonds. The monoisotopic (exact) mass is 544 g/mol. The maximum absolute atomic E-state index is 14.8. The molecule has 2 fully saturated rings. The van der Waals surface area contributed by atoms with Gasteiger partial charge in [0.2, 0.25) is 5.91 Å². The summed E-state index contributed by atoms with van der Waals surface area (Å²) in [6.07, 6.45) is 4.97. The lowest BCUT2D eigenvalue weighted by atomic mass is 10.1. The second-order valence-electron chi connectivity index (χ2n) is 9.94. The molecular formula is C29H26ClFN6O2. The Morgan fingerprint density at radius 3 is 2.64 bits per heavy atom. The van der Waals surface area contributed by atoms with E-state index in [-0.39, 0.29) is 28.2 Å². The van der Waals surface area contributed by atoms with E-state index in [2.05, 4.69) is 16.5 Å². The van der Waals surface area contributed by atoms with Crippen LogP contribution in [0.1, 0.15) is 31.2 Å². The number of aromatic nitrogens is 4. The number of hydrogen-bond acceptors (Lipinski definition) is 6. The van der Waals surface area contributed by atoms with E-state index in [1.165, 1.54) is 16.7 Å². The Morgan fingerprint density at radius 2 is 1.92 bits per heavy atom. The van der Waals surface area contributed by atoms with Gasteiger partial charge >= 0.3 is 5.69 Å². The zero-order valence-corrected chi connectivity index (χ0v) is 22.1. The van der Waals surface area contributed by atoms with Crippen LogP contribution in [-0.4, -0.2) is 56.0 Å². The first kappa shape index (κ1) is 25.2. The molecule has 1 aliphatic carbocycles. The molecule has 8 nitrogen and oxygen atoms in total. The van der Waals surface area contributed by atoms with Gasteiger partial charge in [-0.25, -0.2) is 23.7 Å². The number of nitrogens with zero attached hydrogens (tertiary/aromatic N) is 6. The van der Waals surface area contributed by atoms with Crippen LogP contribution in [0.2, 0.25) is 5.02 Å². The number of amides is 1. The molecule has 1 saturated heterocycles. The summed E-state index contributed by atoms with van der Waals surface area (Å²) in [6, 6.07) is 11.6. The zero-order chi connectivity index (χ0) is 27.3. The molecular weight excluding hydrogens is 519 g/mol. The summed E-state index contributed by atoms with van der Waals surface area (Å²) in [5.41, 5.74) is 1.17. The average Bonchev–Trinajstić information content (AvgIpc) is 3.78. The third-order valence-corrected chi connectivity index (χ3v) is 7.65. The molecule has 1 saturated carbocycles. The largest absolute Gasteiger partial charge is 0.357 e. The maximum Gasteiger partial charge on any atom is 0.357 e. The molecule has 3 aromatic heterocycles. The summed E-state index contributed by atoms with van der Waals surface area (Å²) < 4.78 is 16.3. The number of carbonyl (C=O) groups excluding carboxylic acids is 1. The van der Waals surface area contributed by atoms with Crippen molar-refractivity contribution in [3.63, 3.8) is 0 Å². The first-order valence-electron chi connectivity index (χ1n) is 12.9. The number of benzene rings is 1. The highest BCUT2D eigenvalue weighted by Crippen LogP contribution is 2.42. The van der Waals surface area contributed by atoms with E-state index >= 15 is 0 Å². The van der Waals surface area contributed by atoms with Crippen LogP contribution in [0.25, 0.3) is 28.1 Å². The van der Waals surface area contributed by atoms with Crippen LogP contribution in [0.5, 0.6) is 0 Å². The van der Waals surface area contributed by atoms with Crippen LogP contribution >= 0.6 is 11.6 Å². The Hall–Kier alpha value is -4.11. The first-order chi connectivity index (χ1) is 18.9.